The third-order valence-electron chi connectivity index (χ3n) is 3.54. The Bertz CT molecular complexity index is 312. The fourth-order valence-electron chi connectivity index (χ4n) is 2.45. The number of aromatic nitrogens is 1. The van der Waals surface area contributed by atoms with Gasteiger partial charge in [0.2, 0.25) is 0 Å². The molecule has 0 radical (unpaired) electrons. The highest BCUT2D eigenvalue weighted by Crippen LogP contribution is 2.07. The fourth-order valence-corrected chi connectivity index (χ4v) is 2.45. The fraction of sp³-hybridized carbons (Fsp3) is 0.706. The van der Waals surface area contributed by atoms with E-state index in [2.05, 4.69) is 42.8 Å². The second-order valence-electron chi connectivity index (χ2n) is 5.26. The van der Waals surface area contributed by atoms with E-state index in [4.69, 9.17) is 0 Å². The van der Waals surface area contributed by atoms with Crippen molar-refractivity contribution in [2.24, 2.45) is 0 Å². The van der Waals surface area contributed by atoms with Crippen LogP contribution < -0.4 is 9.27 Å². The molecule has 1 nitrogen and oxygen atoms in total. The van der Waals surface area contributed by atoms with E-state index in [9.17, 15) is 0 Å². The quantitative estimate of drug-likeness (QED) is 0.449. The lowest BCUT2D eigenvalue weighted by Crippen LogP contribution is -3.00. The summed E-state index contributed by atoms with van der Waals surface area (Å²) in [6.07, 6.45) is 14.4. The Hall–Kier alpha value is -0.920. The third-order valence-corrected chi connectivity index (χ3v) is 3.54. The molecule has 0 aromatic carbocycles. The predicted molar refractivity (Wildman–Crippen MR) is 78.6 cm³/mol. The smallest absolute Gasteiger partial charge is 0.181 e. The maximum Gasteiger partial charge on any atom is 0.181 e. The first-order chi connectivity index (χ1) is 8.88. The average Bonchev–Trinajstić information content (AvgIpc) is 2.40. The number of aryl methyl sites for hydroxylation is 2. The summed E-state index contributed by atoms with van der Waals surface area (Å²) in [4.78, 5) is 0. The van der Waals surface area contributed by atoms with Gasteiger partial charge in [0.05, 0.1) is 0 Å². The van der Waals surface area contributed by atoms with Crippen LogP contribution in [-0.4, -0.2) is 0 Å². The summed E-state index contributed by atoms with van der Waals surface area (Å²) in [7, 11) is 0. The molecular weight excluding hydrogens is 237 g/mol. The van der Waals surface area contributed by atoms with Gasteiger partial charge >= 0.3 is 0 Å². The minimum Gasteiger partial charge on any atom is -1.00 e. The van der Waals surface area contributed by atoms with Gasteiger partial charge in [-0.1, -0.05) is 52.0 Å². The Kier molecular flexibility index (Phi) is 11.5. The molecule has 19 heavy (non-hydrogen) atoms. The van der Waals surface area contributed by atoms with Crippen molar-refractivity contribution < 1.29 is 9.27 Å². The van der Waals surface area contributed by atoms with Gasteiger partial charge in [-0.05, 0) is 12.8 Å². The van der Waals surface area contributed by atoms with Crippen LogP contribution in [0.4, 0.5) is 0 Å². The molecule has 0 atom stereocenters. The van der Waals surface area contributed by atoms with Gasteiger partial charge in [-0.25, -0.2) is 4.57 Å². The van der Waals surface area contributed by atoms with Gasteiger partial charge in [0.15, 0.2) is 11.9 Å². The number of pyridine rings is 1. The van der Waals surface area contributed by atoms with Crippen LogP contribution in [0.1, 0.15) is 70.9 Å². The molecule has 1 heterocycles. The minimum atomic E-state index is 0. The van der Waals surface area contributed by atoms with E-state index in [0.717, 1.165) is 0 Å². The van der Waals surface area contributed by atoms with Crippen molar-refractivity contribution in [1.29, 1.82) is 0 Å². The molecular formula is C17H30FN. The van der Waals surface area contributed by atoms with E-state index in [1.54, 1.807) is 0 Å². The molecule has 0 amide bonds. The van der Waals surface area contributed by atoms with Crippen LogP contribution in [0.2, 0.25) is 0 Å². The Balaban J connectivity index is 0.00000324. The molecule has 0 spiro atoms. The van der Waals surface area contributed by atoms with E-state index in [-0.39, 0.29) is 4.70 Å². The Morgan fingerprint density at radius 1 is 0.842 bits per heavy atom. The lowest BCUT2D eigenvalue weighted by Gasteiger charge is -2.03. The van der Waals surface area contributed by atoms with Crippen molar-refractivity contribution in [2.75, 3.05) is 0 Å². The van der Waals surface area contributed by atoms with Gasteiger partial charge in [0, 0.05) is 25.0 Å². The number of halogens is 1. The number of unbranched alkanes of at least 4 members (excludes halogenated alkanes) is 6. The molecule has 110 valence electrons. The normalized spacial score (nSPS) is 10.2. The molecule has 0 bridgehead atoms. The molecule has 0 aliphatic carbocycles. The van der Waals surface area contributed by atoms with Crippen molar-refractivity contribution in [3.63, 3.8) is 0 Å². The van der Waals surface area contributed by atoms with E-state index in [1.165, 1.54) is 70.0 Å². The van der Waals surface area contributed by atoms with Crippen molar-refractivity contribution in [1.82, 2.24) is 0 Å². The van der Waals surface area contributed by atoms with Crippen LogP contribution in [0.15, 0.2) is 24.4 Å². The minimum absolute atomic E-state index is 0. The summed E-state index contributed by atoms with van der Waals surface area (Å²) in [5.74, 6) is 0. The van der Waals surface area contributed by atoms with Gasteiger partial charge in [-0.2, -0.15) is 0 Å². The van der Waals surface area contributed by atoms with Crippen LogP contribution in [0.3, 0.4) is 0 Å². The molecule has 2 heteroatoms. The molecule has 0 aliphatic rings. The van der Waals surface area contributed by atoms with Gasteiger partial charge < -0.3 is 4.70 Å². The first-order valence-electron chi connectivity index (χ1n) is 7.85. The molecule has 0 unspecified atom stereocenters. The molecule has 1 rings (SSSR count). The second kappa shape index (κ2) is 12.1. The number of hydrogen-bond donors (Lipinski definition) is 0. The summed E-state index contributed by atoms with van der Waals surface area (Å²) < 4.78 is 2.44. The first kappa shape index (κ1) is 18.1. The van der Waals surface area contributed by atoms with Crippen LogP contribution >= 0.6 is 0 Å². The third kappa shape index (κ3) is 7.97. The standard InChI is InChI=1S/C17H30N.FH/c1-3-5-6-7-8-9-11-15-18-16-12-10-14-17(18)13-4-2;/h10,12,14,16H,3-9,11,13,15H2,1-2H3;1H/q+1;/p-1. The Labute approximate surface area is 118 Å². The van der Waals surface area contributed by atoms with Gasteiger partial charge in [0.25, 0.3) is 0 Å². The number of nitrogens with zero attached hydrogens (tertiary/aromatic N) is 1. The number of rotatable bonds is 10. The van der Waals surface area contributed by atoms with E-state index in [1.807, 2.05) is 0 Å². The zero-order chi connectivity index (χ0) is 13.1. The van der Waals surface area contributed by atoms with Crippen molar-refractivity contribution in [3.8, 4) is 0 Å². The van der Waals surface area contributed by atoms with Gasteiger partial charge in [0.1, 0.15) is 6.54 Å². The highest BCUT2D eigenvalue weighted by molar-refractivity contribution is 4.97. The number of hydrogen-bond acceptors (Lipinski definition) is 0. The van der Waals surface area contributed by atoms with Crippen molar-refractivity contribution >= 4 is 0 Å². The van der Waals surface area contributed by atoms with Crippen molar-refractivity contribution in [3.05, 3.63) is 30.1 Å². The molecule has 0 N–H and O–H groups in total. The molecule has 0 saturated heterocycles. The highest BCUT2D eigenvalue weighted by atomic mass is 19.0. The van der Waals surface area contributed by atoms with Crippen LogP contribution in [-0.2, 0) is 13.0 Å². The molecule has 0 aliphatic heterocycles. The second-order valence-corrected chi connectivity index (χ2v) is 5.26. The summed E-state index contributed by atoms with van der Waals surface area (Å²) in [5.41, 5.74) is 1.49. The lowest BCUT2D eigenvalue weighted by molar-refractivity contribution is -0.704. The topological polar surface area (TPSA) is 3.88 Å². The van der Waals surface area contributed by atoms with Crippen LogP contribution in [0.5, 0.6) is 0 Å². The lowest BCUT2D eigenvalue weighted by atomic mass is 10.1. The zero-order valence-corrected chi connectivity index (χ0v) is 12.7. The summed E-state index contributed by atoms with van der Waals surface area (Å²) >= 11 is 0. The maximum absolute atomic E-state index is 2.44. The monoisotopic (exact) mass is 267 g/mol. The summed E-state index contributed by atoms with van der Waals surface area (Å²) in [6.45, 7) is 5.73. The SMILES string of the molecule is CCCCCCCCC[n+]1ccccc1CCC.[F-]. The van der Waals surface area contributed by atoms with Gasteiger partial charge in [-0.3, -0.25) is 0 Å². The first-order valence-corrected chi connectivity index (χ1v) is 7.85. The van der Waals surface area contributed by atoms with Crippen LogP contribution in [0.25, 0.3) is 0 Å². The molecule has 0 saturated carbocycles. The molecule has 1 aromatic rings. The Morgan fingerprint density at radius 3 is 2.21 bits per heavy atom. The largest absolute Gasteiger partial charge is 1.00 e. The average molecular weight is 267 g/mol. The van der Waals surface area contributed by atoms with Crippen LogP contribution in [0, 0.1) is 0 Å². The summed E-state index contributed by atoms with van der Waals surface area (Å²) in [6, 6.07) is 6.58. The Morgan fingerprint density at radius 2 is 1.53 bits per heavy atom. The maximum atomic E-state index is 2.44. The van der Waals surface area contributed by atoms with E-state index >= 15 is 0 Å². The molecule has 0 fully saturated rings. The van der Waals surface area contributed by atoms with E-state index < -0.39 is 0 Å². The zero-order valence-electron chi connectivity index (χ0n) is 12.7. The van der Waals surface area contributed by atoms with Crippen molar-refractivity contribution in [2.45, 2.75) is 78.2 Å². The predicted octanol–water partition coefficient (Wildman–Crippen LogP) is 1.68. The highest BCUT2D eigenvalue weighted by Gasteiger charge is 2.07. The van der Waals surface area contributed by atoms with E-state index in [0.29, 0.717) is 0 Å². The van der Waals surface area contributed by atoms with Gasteiger partial charge in [-0.15, -0.1) is 0 Å². The molecule has 1 aromatic heterocycles. The summed E-state index contributed by atoms with van der Waals surface area (Å²) in [5, 5.41) is 0.